The van der Waals surface area contributed by atoms with Crippen LogP contribution >= 0.6 is 0 Å². The summed E-state index contributed by atoms with van der Waals surface area (Å²) in [6.07, 6.45) is 3.71. The first kappa shape index (κ1) is 15.7. The number of nitrogens with zero attached hydrogens (tertiary/aromatic N) is 3. The molecule has 0 radical (unpaired) electrons. The highest BCUT2D eigenvalue weighted by molar-refractivity contribution is 5.90. The van der Waals surface area contributed by atoms with Gasteiger partial charge in [0.25, 0.3) is 5.91 Å². The number of aliphatic hydroxyl groups excluding tert-OH is 1. The van der Waals surface area contributed by atoms with E-state index in [9.17, 15) is 9.90 Å². The second-order valence-corrected chi connectivity index (χ2v) is 5.98. The van der Waals surface area contributed by atoms with Gasteiger partial charge < -0.3 is 15.0 Å². The Balaban J connectivity index is 1.48. The number of carbonyl (C=O) groups excluding carboxylic acids is 1. The zero-order valence-corrected chi connectivity index (χ0v) is 13.3. The standard InChI is InChI=1S/C17H22N4O2/c1-20-9-7-18-16(20)17(23)19-10-15(22)12-21-8-6-13-4-2-3-5-14(13)11-21/h2-5,7,9,15,22H,6,8,10-12H2,1H3,(H,19,23). The fourth-order valence-corrected chi connectivity index (χ4v) is 2.95. The predicted molar refractivity (Wildman–Crippen MR) is 87.0 cm³/mol. The van der Waals surface area contributed by atoms with E-state index in [4.69, 9.17) is 0 Å². The summed E-state index contributed by atoms with van der Waals surface area (Å²) in [5.41, 5.74) is 2.71. The normalized spacial score (nSPS) is 15.9. The highest BCUT2D eigenvalue weighted by Gasteiger charge is 2.19. The van der Waals surface area contributed by atoms with Gasteiger partial charge in [0.15, 0.2) is 5.82 Å². The lowest BCUT2D eigenvalue weighted by atomic mass is 10.00. The van der Waals surface area contributed by atoms with Gasteiger partial charge in [0.1, 0.15) is 0 Å². The van der Waals surface area contributed by atoms with Crippen molar-refractivity contribution in [3.8, 4) is 0 Å². The highest BCUT2D eigenvalue weighted by atomic mass is 16.3. The number of fused-ring (bicyclic) bond motifs is 1. The van der Waals surface area contributed by atoms with E-state index in [2.05, 4.69) is 33.4 Å². The number of carbonyl (C=O) groups is 1. The maximum Gasteiger partial charge on any atom is 0.287 e. The third kappa shape index (κ3) is 3.78. The van der Waals surface area contributed by atoms with Crippen LogP contribution in [0.3, 0.4) is 0 Å². The van der Waals surface area contributed by atoms with Gasteiger partial charge >= 0.3 is 0 Å². The molecule has 0 saturated heterocycles. The number of aliphatic hydroxyl groups is 1. The molecule has 3 rings (SSSR count). The largest absolute Gasteiger partial charge is 0.390 e. The van der Waals surface area contributed by atoms with E-state index >= 15 is 0 Å². The smallest absolute Gasteiger partial charge is 0.287 e. The highest BCUT2D eigenvalue weighted by Crippen LogP contribution is 2.18. The minimum absolute atomic E-state index is 0.226. The monoisotopic (exact) mass is 314 g/mol. The van der Waals surface area contributed by atoms with Crippen molar-refractivity contribution in [2.45, 2.75) is 19.1 Å². The van der Waals surface area contributed by atoms with Crippen molar-refractivity contribution in [2.24, 2.45) is 7.05 Å². The molecule has 6 nitrogen and oxygen atoms in total. The van der Waals surface area contributed by atoms with Crippen LogP contribution in [-0.2, 0) is 20.0 Å². The van der Waals surface area contributed by atoms with Gasteiger partial charge in [-0.1, -0.05) is 24.3 Å². The Kier molecular flexibility index (Phi) is 4.73. The number of rotatable bonds is 5. The van der Waals surface area contributed by atoms with Crippen molar-refractivity contribution in [1.29, 1.82) is 0 Å². The third-order valence-corrected chi connectivity index (χ3v) is 4.20. The topological polar surface area (TPSA) is 70.4 Å². The summed E-state index contributed by atoms with van der Waals surface area (Å²) >= 11 is 0. The SMILES string of the molecule is Cn1ccnc1C(=O)NCC(O)CN1CCc2ccccc2C1. The number of aromatic nitrogens is 2. The van der Waals surface area contributed by atoms with Gasteiger partial charge in [0.2, 0.25) is 0 Å². The first-order valence-electron chi connectivity index (χ1n) is 7.86. The molecule has 0 bridgehead atoms. The first-order chi connectivity index (χ1) is 11.1. The summed E-state index contributed by atoms with van der Waals surface area (Å²) in [6, 6.07) is 8.41. The maximum absolute atomic E-state index is 12.0. The van der Waals surface area contributed by atoms with Crippen LogP contribution in [0.1, 0.15) is 21.7 Å². The van der Waals surface area contributed by atoms with Crippen molar-refractivity contribution >= 4 is 5.91 Å². The fraction of sp³-hybridized carbons (Fsp3) is 0.412. The van der Waals surface area contributed by atoms with Crippen molar-refractivity contribution in [3.05, 3.63) is 53.6 Å². The Bertz CT molecular complexity index is 683. The molecule has 2 aromatic rings. The van der Waals surface area contributed by atoms with E-state index in [0.29, 0.717) is 12.4 Å². The number of amides is 1. The zero-order chi connectivity index (χ0) is 16.2. The molecule has 1 aromatic carbocycles. The molecule has 1 aliphatic rings. The summed E-state index contributed by atoms with van der Waals surface area (Å²) in [5, 5.41) is 12.9. The molecule has 6 heteroatoms. The molecule has 2 N–H and O–H groups in total. The summed E-state index contributed by atoms with van der Waals surface area (Å²) in [5.74, 6) is 0.0876. The van der Waals surface area contributed by atoms with Crippen LogP contribution in [0.25, 0.3) is 0 Å². The average molecular weight is 314 g/mol. The Labute approximate surface area is 135 Å². The Morgan fingerprint density at radius 1 is 1.39 bits per heavy atom. The molecule has 122 valence electrons. The molecule has 0 saturated carbocycles. The molecule has 0 aliphatic carbocycles. The lowest BCUT2D eigenvalue weighted by Crippen LogP contribution is -2.42. The van der Waals surface area contributed by atoms with Gasteiger partial charge in [0.05, 0.1) is 6.10 Å². The number of hydrogen-bond acceptors (Lipinski definition) is 4. The van der Waals surface area contributed by atoms with Crippen LogP contribution in [0.4, 0.5) is 0 Å². The van der Waals surface area contributed by atoms with Crippen molar-refractivity contribution in [3.63, 3.8) is 0 Å². The van der Waals surface area contributed by atoms with Gasteiger partial charge in [0, 0.05) is 45.6 Å². The van der Waals surface area contributed by atoms with E-state index in [1.54, 1.807) is 24.0 Å². The molecule has 1 unspecified atom stereocenters. The van der Waals surface area contributed by atoms with Gasteiger partial charge in [-0.15, -0.1) is 0 Å². The van der Waals surface area contributed by atoms with Crippen molar-refractivity contribution in [2.75, 3.05) is 19.6 Å². The average Bonchev–Trinajstić information content (AvgIpc) is 2.98. The number of aryl methyl sites for hydroxylation is 1. The molecular formula is C17H22N4O2. The molecule has 1 aromatic heterocycles. The van der Waals surface area contributed by atoms with Crippen LogP contribution in [0.2, 0.25) is 0 Å². The molecule has 0 fully saturated rings. The Hall–Kier alpha value is -2.18. The van der Waals surface area contributed by atoms with Gasteiger partial charge in [-0.3, -0.25) is 9.69 Å². The molecule has 0 spiro atoms. The van der Waals surface area contributed by atoms with Crippen LogP contribution in [-0.4, -0.2) is 51.2 Å². The van der Waals surface area contributed by atoms with E-state index in [0.717, 1.165) is 19.5 Å². The zero-order valence-electron chi connectivity index (χ0n) is 13.3. The molecule has 2 heterocycles. The van der Waals surface area contributed by atoms with E-state index in [1.165, 1.54) is 11.1 Å². The fourth-order valence-electron chi connectivity index (χ4n) is 2.95. The second kappa shape index (κ2) is 6.93. The van der Waals surface area contributed by atoms with Crippen LogP contribution in [0.5, 0.6) is 0 Å². The molecular weight excluding hydrogens is 292 g/mol. The van der Waals surface area contributed by atoms with Gasteiger partial charge in [-0.05, 0) is 17.5 Å². The summed E-state index contributed by atoms with van der Waals surface area (Å²) < 4.78 is 1.66. The first-order valence-corrected chi connectivity index (χ1v) is 7.86. The molecule has 1 aliphatic heterocycles. The summed E-state index contributed by atoms with van der Waals surface area (Å²) in [4.78, 5) is 18.2. The lowest BCUT2D eigenvalue weighted by molar-refractivity contribution is 0.0831. The van der Waals surface area contributed by atoms with E-state index in [-0.39, 0.29) is 12.5 Å². The van der Waals surface area contributed by atoms with Gasteiger partial charge in [-0.25, -0.2) is 4.98 Å². The van der Waals surface area contributed by atoms with E-state index < -0.39 is 6.10 Å². The molecule has 1 amide bonds. The quantitative estimate of drug-likeness (QED) is 0.846. The van der Waals surface area contributed by atoms with Gasteiger partial charge in [-0.2, -0.15) is 0 Å². The van der Waals surface area contributed by atoms with E-state index in [1.807, 2.05) is 6.07 Å². The summed E-state index contributed by atoms with van der Waals surface area (Å²) in [6.45, 7) is 2.56. The van der Waals surface area contributed by atoms with Crippen LogP contribution < -0.4 is 5.32 Å². The predicted octanol–water partition coefficient (Wildman–Crippen LogP) is 0.569. The lowest BCUT2D eigenvalue weighted by Gasteiger charge is -2.30. The molecule has 23 heavy (non-hydrogen) atoms. The van der Waals surface area contributed by atoms with Crippen LogP contribution in [0, 0.1) is 0 Å². The number of β-amino-alcohol motifs (C(OH)–C–C–N with tert-alkyl or cyclic N) is 1. The minimum Gasteiger partial charge on any atom is -0.390 e. The Morgan fingerprint density at radius 3 is 2.91 bits per heavy atom. The third-order valence-electron chi connectivity index (χ3n) is 4.20. The maximum atomic E-state index is 12.0. The number of nitrogens with one attached hydrogen (secondary N) is 1. The second-order valence-electron chi connectivity index (χ2n) is 5.98. The van der Waals surface area contributed by atoms with Crippen molar-refractivity contribution in [1.82, 2.24) is 19.8 Å². The number of imidazole rings is 1. The number of benzene rings is 1. The van der Waals surface area contributed by atoms with Crippen molar-refractivity contribution < 1.29 is 9.90 Å². The Morgan fingerprint density at radius 2 is 2.17 bits per heavy atom. The summed E-state index contributed by atoms with van der Waals surface area (Å²) in [7, 11) is 1.77. The number of hydrogen-bond donors (Lipinski definition) is 2. The minimum atomic E-state index is -0.593. The van der Waals surface area contributed by atoms with Crippen LogP contribution in [0.15, 0.2) is 36.7 Å². The molecule has 1 atom stereocenters.